The maximum Gasteiger partial charge on any atom is 0.139 e. The third-order valence-electron chi connectivity index (χ3n) is 2.48. The second kappa shape index (κ2) is 6.00. The van der Waals surface area contributed by atoms with Crippen LogP contribution in [0.3, 0.4) is 0 Å². The number of pyridine rings is 1. The lowest BCUT2D eigenvalue weighted by Crippen LogP contribution is -2.08. The monoisotopic (exact) mass is 245 g/mol. The number of anilines is 1. The predicted molar refractivity (Wildman–Crippen MR) is 68.7 cm³/mol. The van der Waals surface area contributed by atoms with E-state index in [-0.39, 0.29) is 6.61 Å². The zero-order chi connectivity index (χ0) is 12.8. The maximum atomic E-state index is 8.92. The van der Waals surface area contributed by atoms with Gasteiger partial charge in [0.05, 0.1) is 6.61 Å². The van der Waals surface area contributed by atoms with E-state index in [2.05, 4.69) is 10.4 Å². The quantitative estimate of drug-likeness (QED) is 0.548. The predicted octanol–water partition coefficient (Wildman–Crippen LogP) is 1.44. The Morgan fingerprint density at radius 2 is 1.83 bits per heavy atom. The first kappa shape index (κ1) is 12.3. The van der Waals surface area contributed by atoms with E-state index in [0.717, 1.165) is 16.9 Å². The Morgan fingerprint density at radius 1 is 1.11 bits per heavy atom. The summed E-state index contributed by atoms with van der Waals surface area (Å²) < 4.78 is 5.59. The molecule has 4 N–H and O–H groups in total. The fourth-order valence-corrected chi connectivity index (χ4v) is 1.45. The van der Waals surface area contributed by atoms with Crippen molar-refractivity contribution in [2.24, 2.45) is 5.84 Å². The first-order valence-electron chi connectivity index (χ1n) is 5.56. The van der Waals surface area contributed by atoms with Gasteiger partial charge in [-0.1, -0.05) is 18.2 Å². The third kappa shape index (κ3) is 3.19. The SMILES string of the molecule is NNc1ccc(COc2ccc(CO)cc2)cn1. The van der Waals surface area contributed by atoms with E-state index in [4.69, 9.17) is 15.7 Å². The summed E-state index contributed by atoms with van der Waals surface area (Å²) in [5, 5.41) is 8.92. The van der Waals surface area contributed by atoms with Crippen LogP contribution in [0.4, 0.5) is 5.82 Å². The number of rotatable bonds is 5. The van der Waals surface area contributed by atoms with Crippen molar-refractivity contribution in [3.63, 3.8) is 0 Å². The molecule has 5 nitrogen and oxygen atoms in total. The number of nitrogen functional groups attached to an aromatic ring is 1. The summed E-state index contributed by atoms with van der Waals surface area (Å²) in [7, 11) is 0. The summed E-state index contributed by atoms with van der Waals surface area (Å²) in [5.74, 6) is 6.60. The van der Waals surface area contributed by atoms with Gasteiger partial charge in [0.25, 0.3) is 0 Å². The lowest BCUT2D eigenvalue weighted by Gasteiger charge is -2.07. The number of aliphatic hydroxyl groups is 1. The van der Waals surface area contributed by atoms with Crippen LogP contribution in [-0.4, -0.2) is 10.1 Å². The number of nitrogens with zero attached hydrogens (tertiary/aromatic N) is 1. The summed E-state index contributed by atoms with van der Waals surface area (Å²) in [4.78, 5) is 4.09. The van der Waals surface area contributed by atoms with Crippen molar-refractivity contribution in [1.29, 1.82) is 0 Å². The van der Waals surface area contributed by atoms with Crippen molar-refractivity contribution in [2.75, 3.05) is 5.43 Å². The standard InChI is InChI=1S/C13H15N3O2/c14-16-13-6-3-11(7-15-13)9-18-12-4-1-10(8-17)2-5-12/h1-7,17H,8-9,14H2,(H,15,16). The lowest BCUT2D eigenvalue weighted by molar-refractivity contribution is 0.280. The summed E-state index contributed by atoms with van der Waals surface area (Å²) in [5.41, 5.74) is 4.29. The number of nitrogens with two attached hydrogens (primary N) is 1. The van der Waals surface area contributed by atoms with Crippen LogP contribution in [0.1, 0.15) is 11.1 Å². The highest BCUT2D eigenvalue weighted by Gasteiger charge is 1.98. The van der Waals surface area contributed by atoms with E-state index >= 15 is 0 Å². The highest BCUT2D eigenvalue weighted by Crippen LogP contribution is 2.14. The second-order valence-corrected chi connectivity index (χ2v) is 3.79. The molecule has 0 unspecified atom stereocenters. The van der Waals surface area contributed by atoms with Crippen LogP contribution in [-0.2, 0) is 13.2 Å². The van der Waals surface area contributed by atoms with Crippen LogP contribution in [0.25, 0.3) is 0 Å². The first-order chi connectivity index (χ1) is 8.81. The molecule has 0 aliphatic carbocycles. The molecule has 0 saturated carbocycles. The summed E-state index contributed by atoms with van der Waals surface area (Å²) in [6, 6.07) is 11.0. The van der Waals surface area contributed by atoms with E-state index in [0.29, 0.717) is 12.4 Å². The van der Waals surface area contributed by atoms with Crippen molar-refractivity contribution >= 4 is 5.82 Å². The van der Waals surface area contributed by atoms with E-state index in [1.54, 1.807) is 12.3 Å². The van der Waals surface area contributed by atoms with E-state index < -0.39 is 0 Å². The minimum Gasteiger partial charge on any atom is -0.489 e. The molecule has 0 aliphatic heterocycles. The molecule has 0 atom stereocenters. The van der Waals surface area contributed by atoms with Gasteiger partial charge in [0.15, 0.2) is 0 Å². The van der Waals surface area contributed by atoms with Gasteiger partial charge in [0, 0.05) is 11.8 Å². The zero-order valence-electron chi connectivity index (χ0n) is 9.84. The van der Waals surface area contributed by atoms with Gasteiger partial charge in [-0.05, 0) is 23.8 Å². The van der Waals surface area contributed by atoms with Crippen LogP contribution in [0, 0.1) is 0 Å². The minimum atomic E-state index is 0.0394. The van der Waals surface area contributed by atoms with Gasteiger partial charge in [0.1, 0.15) is 18.2 Å². The number of ether oxygens (including phenoxy) is 1. The Morgan fingerprint density at radius 3 is 2.39 bits per heavy atom. The molecule has 1 heterocycles. The smallest absolute Gasteiger partial charge is 0.139 e. The molecule has 0 saturated heterocycles. The Hall–Kier alpha value is -2.11. The number of benzene rings is 1. The van der Waals surface area contributed by atoms with E-state index in [1.807, 2.05) is 30.3 Å². The highest BCUT2D eigenvalue weighted by molar-refractivity contribution is 5.34. The molecular weight excluding hydrogens is 230 g/mol. The molecule has 1 aromatic carbocycles. The van der Waals surface area contributed by atoms with Gasteiger partial charge in [-0.25, -0.2) is 10.8 Å². The summed E-state index contributed by atoms with van der Waals surface area (Å²) in [6.45, 7) is 0.480. The number of hydrogen-bond donors (Lipinski definition) is 3. The molecule has 0 aliphatic rings. The van der Waals surface area contributed by atoms with Crippen molar-refractivity contribution in [2.45, 2.75) is 13.2 Å². The van der Waals surface area contributed by atoms with Gasteiger partial charge in [-0.3, -0.25) is 0 Å². The lowest BCUT2D eigenvalue weighted by atomic mass is 10.2. The van der Waals surface area contributed by atoms with Crippen molar-refractivity contribution in [3.8, 4) is 5.75 Å². The van der Waals surface area contributed by atoms with Crippen molar-refractivity contribution in [1.82, 2.24) is 4.98 Å². The normalized spacial score (nSPS) is 10.1. The Labute approximate surface area is 105 Å². The first-order valence-corrected chi connectivity index (χ1v) is 5.56. The average Bonchev–Trinajstić information content (AvgIpc) is 2.46. The Bertz CT molecular complexity index is 435. The fourth-order valence-electron chi connectivity index (χ4n) is 1.45. The van der Waals surface area contributed by atoms with E-state index in [1.165, 1.54) is 0 Å². The zero-order valence-corrected chi connectivity index (χ0v) is 9.84. The number of aliphatic hydroxyl groups excluding tert-OH is 1. The molecule has 0 fully saturated rings. The van der Waals surface area contributed by atoms with Crippen LogP contribution >= 0.6 is 0 Å². The molecule has 2 rings (SSSR count). The molecule has 0 amide bonds. The van der Waals surface area contributed by atoms with Gasteiger partial charge in [-0.15, -0.1) is 0 Å². The molecular formula is C13H15N3O2. The third-order valence-corrected chi connectivity index (χ3v) is 2.48. The average molecular weight is 245 g/mol. The van der Waals surface area contributed by atoms with Gasteiger partial charge in [-0.2, -0.15) is 0 Å². The van der Waals surface area contributed by atoms with Gasteiger partial charge in [0.2, 0.25) is 0 Å². The van der Waals surface area contributed by atoms with Crippen molar-refractivity contribution in [3.05, 3.63) is 53.7 Å². The minimum absolute atomic E-state index is 0.0394. The van der Waals surface area contributed by atoms with Gasteiger partial charge >= 0.3 is 0 Å². The number of hydrazine groups is 1. The summed E-state index contributed by atoms with van der Waals surface area (Å²) in [6.07, 6.45) is 1.71. The molecule has 94 valence electrons. The molecule has 0 radical (unpaired) electrons. The molecule has 0 spiro atoms. The second-order valence-electron chi connectivity index (χ2n) is 3.79. The molecule has 18 heavy (non-hydrogen) atoms. The molecule has 5 heteroatoms. The summed E-state index contributed by atoms with van der Waals surface area (Å²) >= 11 is 0. The van der Waals surface area contributed by atoms with Crippen LogP contribution in [0.15, 0.2) is 42.6 Å². The number of aromatic nitrogens is 1. The van der Waals surface area contributed by atoms with Crippen LogP contribution in [0.5, 0.6) is 5.75 Å². The largest absolute Gasteiger partial charge is 0.489 e. The Kier molecular flexibility index (Phi) is 4.11. The molecule has 1 aromatic heterocycles. The molecule has 2 aromatic rings. The topological polar surface area (TPSA) is 80.4 Å². The highest BCUT2D eigenvalue weighted by atomic mass is 16.5. The van der Waals surface area contributed by atoms with E-state index in [9.17, 15) is 0 Å². The van der Waals surface area contributed by atoms with Crippen molar-refractivity contribution < 1.29 is 9.84 Å². The molecule has 0 bridgehead atoms. The number of hydrogen-bond acceptors (Lipinski definition) is 5. The fraction of sp³-hybridized carbons (Fsp3) is 0.154. The van der Waals surface area contributed by atoms with Crippen LogP contribution in [0.2, 0.25) is 0 Å². The maximum absolute atomic E-state index is 8.92. The Balaban J connectivity index is 1.93. The van der Waals surface area contributed by atoms with Gasteiger partial charge < -0.3 is 15.3 Å². The number of nitrogens with one attached hydrogen (secondary N) is 1. The van der Waals surface area contributed by atoms with Crippen LogP contribution < -0.4 is 16.0 Å².